The number of carbonyl (C=O) groups excluding carboxylic acids is 2. The number of hydrogen-bond acceptors (Lipinski definition) is 3. The number of amides is 2. The fourth-order valence-corrected chi connectivity index (χ4v) is 4.45. The van der Waals surface area contributed by atoms with Gasteiger partial charge in [-0.3, -0.25) is 9.59 Å². The molecule has 5 nitrogen and oxygen atoms in total. The smallest absolute Gasteiger partial charge is 0.289 e. The summed E-state index contributed by atoms with van der Waals surface area (Å²) >= 11 is 0. The van der Waals surface area contributed by atoms with Crippen molar-refractivity contribution in [3.8, 4) is 0 Å². The summed E-state index contributed by atoms with van der Waals surface area (Å²) < 4.78 is 5.72. The third kappa shape index (κ3) is 4.11. The number of likely N-dealkylation sites (tertiary alicyclic amines) is 1. The summed E-state index contributed by atoms with van der Waals surface area (Å²) in [4.78, 5) is 27.3. The lowest BCUT2D eigenvalue weighted by Gasteiger charge is -2.31. The number of fused-ring (bicyclic) bond motifs is 1. The molecule has 2 aromatic carbocycles. The highest BCUT2D eigenvalue weighted by molar-refractivity contribution is 5.97. The number of hydrogen-bond donors (Lipinski definition) is 1. The van der Waals surface area contributed by atoms with Crippen molar-refractivity contribution in [2.75, 3.05) is 19.6 Å². The van der Waals surface area contributed by atoms with Crippen LogP contribution in [0.5, 0.6) is 0 Å². The van der Waals surface area contributed by atoms with Crippen molar-refractivity contribution in [1.29, 1.82) is 0 Å². The minimum absolute atomic E-state index is 0.00854. The summed E-state index contributed by atoms with van der Waals surface area (Å²) in [6.07, 6.45) is 1.75. The molecular formula is C25H28N2O3. The molecule has 0 bridgehead atoms. The molecule has 0 saturated carbocycles. The Bertz CT molecular complexity index is 1030. The van der Waals surface area contributed by atoms with E-state index in [1.807, 2.05) is 68.1 Å². The normalized spacial score (nSPS) is 14.8. The Morgan fingerprint density at radius 2 is 1.70 bits per heavy atom. The van der Waals surface area contributed by atoms with E-state index in [1.165, 1.54) is 5.56 Å². The van der Waals surface area contributed by atoms with Gasteiger partial charge in [-0.25, -0.2) is 0 Å². The standard InChI is InChI=1S/C25H28N2O3/c1-16-12-17(2)23(18(3)13-16)24(28)26-15-19-8-10-27(11-9-19)25(29)22-14-20-6-4-5-7-21(20)30-22/h4-7,12-14,19H,8-11,15H2,1-3H3,(H,26,28). The van der Waals surface area contributed by atoms with Crippen LogP contribution in [-0.4, -0.2) is 36.3 Å². The maximum atomic E-state index is 12.8. The van der Waals surface area contributed by atoms with E-state index in [9.17, 15) is 9.59 Å². The fraction of sp³-hybridized carbons (Fsp3) is 0.360. The van der Waals surface area contributed by atoms with Crippen molar-refractivity contribution < 1.29 is 14.0 Å². The number of furan rings is 1. The van der Waals surface area contributed by atoms with Crippen LogP contribution in [0.25, 0.3) is 11.0 Å². The third-order valence-corrected chi connectivity index (χ3v) is 5.99. The van der Waals surface area contributed by atoms with Gasteiger partial charge in [0.05, 0.1) is 0 Å². The zero-order valence-electron chi connectivity index (χ0n) is 17.8. The molecule has 0 atom stereocenters. The van der Waals surface area contributed by atoms with Gasteiger partial charge in [0.2, 0.25) is 0 Å². The van der Waals surface area contributed by atoms with Gasteiger partial charge in [-0.2, -0.15) is 0 Å². The van der Waals surface area contributed by atoms with E-state index in [1.54, 1.807) is 0 Å². The predicted octanol–water partition coefficient (Wildman–Crippen LogP) is 4.64. The molecule has 2 heterocycles. The molecule has 30 heavy (non-hydrogen) atoms. The minimum Gasteiger partial charge on any atom is -0.451 e. The summed E-state index contributed by atoms with van der Waals surface area (Å²) in [5.41, 5.74) is 4.70. The van der Waals surface area contributed by atoms with Crippen LogP contribution in [0, 0.1) is 26.7 Å². The molecule has 156 valence electrons. The third-order valence-electron chi connectivity index (χ3n) is 5.99. The minimum atomic E-state index is -0.0559. The Morgan fingerprint density at radius 1 is 1.03 bits per heavy atom. The van der Waals surface area contributed by atoms with Crippen LogP contribution in [0.3, 0.4) is 0 Å². The number of aryl methyl sites for hydroxylation is 3. The second kappa shape index (κ2) is 8.34. The molecular weight excluding hydrogens is 376 g/mol. The number of rotatable bonds is 4. The maximum Gasteiger partial charge on any atom is 0.289 e. The Kier molecular flexibility index (Phi) is 5.62. The molecule has 1 aliphatic heterocycles. The number of para-hydroxylation sites is 1. The Morgan fingerprint density at radius 3 is 2.37 bits per heavy atom. The van der Waals surface area contributed by atoms with Gasteiger partial charge < -0.3 is 14.6 Å². The van der Waals surface area contributed by atoms with Crippen LogP contribution in [0.2, 0.25) is 0 Å². The Balaban J connectivity index is 1.31. The van der Waals surface area contributed by atoms with Gasteiger partial charge in [-0.15, -0.1) is 0 Å². The average Bonchev–Trinajstić information content (AvgIpc) is 3.15. The van der Waals surface area contributed by atoms with Crippen molar-refractivity contribution in [3.63, 3.8) is 0 Å². The molecule has 0 unspecified atom stereocenters. The highest BCUT2D eigenvalue weighted by Crippen LogP contribution is 2.23. The first-order chi connectivity index (χ1) is 14.4. The first-order valence-corrected chi connectivity index (χ1v) is 10.6. The van der Waals surface area contributed by atoms with Crippen molar-refractivity contribution in [3.05, 3.63) is 70.5 Å². The van der Waals surface area contributed by atoms with E-state index in [2.05, 4.69) is 5.32 Å². The summed E-state index contributed by atoms with van der Waals surface area (Å²) in [6, 6.07) is 13.6. The van der Waals surface area contributed by atoms with Crippen molar-refractivity contribution >= 4 is 22.8 Å². The van der Waals surface area contributed by atoms with Crippen molar-refractivity contribution in [1.82, 2.24) is 10.2 Å². The molecule has 4 rings (SSSR count). The van der Waals surface area contributed by atoms with E-state index in [-0.39, 0.29) is 11.8 Å². The molecule has 0 aliphatic carbocycles. The van der Waals surface area contributed by atoms with Crippen LogP contribution in [0.1, 0.15) is 50.4 Å². The van der Waals surface area contributed by atoms with Gasteiger partial charge >= 0.3 is 0 Å². The number of piperidine rings is 1. The van der Waals surface area contributed by atoms with Crippen LogP contribution in [-0.2, 0) is 0 Å². The molecule has 2 amide bonds. The van der Waals surface area contributed by atoms with Gasteiger partial charge in [0.1, 0.15) is 5.58 Å². The van der Waals surface area contributed by atoms with E-state index in [0.29, 0.717) is 31.3 Å². The molecule has 1 aromatic heterocycles. The van der Waals surface area contributed by atoms with Gasteiger partial charge in [0, 0.05) is 30.6 Å². The number of benzene rings is 2. The van der Waals surface area contributed by atoms with E-state index in [4.69, 9.17) is 4.42 Å². The summed E-state index contributed by atoms with van der Waals surface area (Å²) in [7, 11) is 0. The lowest BCUT2D eigenvalue weighted by molar-refractivity contribution is 0.0655. The molecule has 1 saturated heterocycles. The molecule has 1 fully saturated rings. The molecule has 1 N–H and O–H groups in total. The number of nitrogens with one attached hydrogen (secondary N) is 1. The van der Waals surface area contributed by atoms with Gasteiger partial charge in [-0.1, -0.05) is 35.9 Å². The molecule has 1 aliphatic rings. The van der Waals surface area contributed by atoms with E-state index < -0.39 is 0 Å². The Hall–Kier alpha value is -3.08. The zero-order valence-corrected chi connectivity index (χ0v) is 17.8. The van der Waals surface area contributed by atoms with Crippen LogP contribution in [0.4, 0.5) is 0 Å². The SMILES string of the molecule is Cc1cc(C)c(C(=O)NCC2CCN(C(=O)c3cc4ccccc4o3)CC2)c(C)c1. The molecule has 0 spiro atoms. The highest BCUT2D eigenvalue weighted by atomic mass is 16.3. The topological polar surface area (TPSA) is 62.6 Å². The first kappa shape index (κ1) is 20.2. The number of carbonyl (C=O) groups is 2. The first-order valence-electron chi connectivity index (χ1n) is 10.6. The monoisotopic (exact) mass is 404 g/mol. The quantitative estimate of drug-likeness (QED) is 0.689. The highest BCUT2D eigenvalue weighted by Gasteiger charge is 2.26. The van der Waals surface area contributed by atoms with Crippen LogP contribution < -0.4 is 5.32 Å². The fourth-order valence-electron chi connectivity index (χ4n) is 4.45. The second-order valence-corrected chi connectivity index (χ2v) is 8.37. The van der Waals surface area contributed by atoms with Crippen molar-refractivity contribution in [2.24, 2.45) is 5.92 Å². The predicted molar refractivity (Wildman–Crippen MR) is 118 cm³/mol. The summed E-state index contributed by atoms with van der Waals surface area (Å²) in [5.74, 6) is 0.707. The van der Waals surface area contributed by atoms with E-state index >= 15 is 0 Å². The Labute approximate surface area is 177 Å². The van der Waals surface area contributed by atoms with Crippen molar-refractivity contribution in [2.45, 2.75) is 33.6 Å². The van der Waals surface area contributed by atoms with E-state index in [0.717, 1.165) is 40.5 Å². The second-order valence-electron chi connectivity index (χ2n) is 8.37. The van der Waals surface area contributed by atoms with Crippen LogP contribution >= 0.6 is 0 Å². The number of nitrogens with zero attached hydrogens (tertiary/aromatic N) is 1. The lowest BCUT2D eigenvalue weighted by Crippen LogP contribution is -2.41. The van der Waals surface area contributed by atoms with Gasteiger partial charge in [0.25, 0.3) is 11.8 Å². The largest absolute Gasteiger partial charge is 0.451 e. The molecule has 5 heteroatoms. The molecule has 3 aromatic rings. The maximum absolute atomic E-state index is 12.8. The molecule has 0 radical (unpaired) electrons. The average molecular weight is 405 g/mol. The van der Waals surface area contributed by atoms with Gasteiger partial charge in [-0.05, 0) is 62.8 Å². The van der Waals surface area contributed by atoms with Crippen LogP contribution in [0.15, 0.2) is 46.9 Å². The summed E-state index contributed by atoms with van der Waals surface area (Å²) in [5, 5.41) is 4.05. The summed E-state index contributed by atoms with van der Waals surface area (Å²) in [6.45, 7) is 8.01. The zero-order chi connectivity index (χ0) is 21.3. The lowest BCUT2D eigenvalue weighted by atomic mass is 9.95. The van der Waals surface area contributed by atoms with Gasteiger partial charge in [0.15, 0.2) is 5.76 Å².